The van der Waals surface area contributed by atoms with Crippen molar-refractivity contribution in [2.45, 2.75) is 26.6 Å². The molecule has 1 aromatic carbocycles. The summed E-state index contributed by atoms with van der Waals surface area (Å²) in [6.45, 7) is 3.05. The quantitative estimate of drug-likeness (QED) is 0.477. The van der Waals surface area contributed by atoms with Gasteiger partial charge in [0.05, 0.1) is 35.3 Å². The van der Waals surface area contributed by atoms with E-state index >= 15 is 0 Å². The number of aryl methyl sites for hydroxylation is 1. The maximum Gasteiger partial charge on any atom is 0.416 e. The smallest absolute Gasteiger partial charge is 0.416 e. The number of halogens is 3. The summed E-state index contributed by atoms with van der Waals surface area (Å²) in [7, 11) is 1.44. The zero-order valence-corrected chi connectivity index (χ0v) is 16.9. The number of aromatic nitrogens is 3. The summed E-state index contributed by atoms with van der Waals surface area (Å²) in [5.41, 5.74) is 0.404. The Kier molecular flexibility index (Phi) is 6.09. The minimum absolute atomic E-state index is 0.0153. The van der Waals surface area contributed by atoms with Gasteiger partial charge in [0.25, 0.3) is 11.7 Å². The SMILES string of the molecule is COc1ncccc1CNC(=O)C(=O)c1c(C)nn(-c2cccc(C(F)(F)F)c2)c1C. The highest BCUT2D eigenvalue weighted by Gasteiger charge is 2.31. The number of nitrogens with zero attached hydrogens (tertiary/aromatic N) is 3. The second-order valence-electron chi connectivity index (χ2n) is 6.69. The van der Waals surface area contributed by atoms with Crippen molar-refractivity contribution in [3.63, 3.8) is 0 Å². The highest BCUT2D eigenvalue weighted by molar-refractivity contribution is 6.43. The van der Waals surface area contributed by atoms with Gasteiger partial charge < -0.3 is 10.1 Å². The molecule has 1 amide bonds. The average Bonchev–Trinajstić information content (AvgIpc) is 3.05. The summed E-state index contributed by atoms with van der Waals surface area (Å²) < 4.78 is 45.4. The van der Waals surface area contributed by atoms with Gasteiger partial charge in [-0.3, -0.25) is 9.59 Å². The lowest BCUT2D eigenvalue weighted by Gasteiger charge is -2.10. The van der Waals surface area contributed by atoms with E-state index in [-0.39, 0.29) is 29.2 Å². The first-order valence-corrected chi connectivity index (χ1v) is 9.17. The normalized spacial score (nSPS) is 11.3. The van der Waals surface area contributed by atoms with E-state index in [9.17, 15) is 22.8 Å². The monoisotopic (exact) mass is 432 g/mol. The number of rotatable bonds is 6. The minimum atomic E-state index is -4.52. The Hall–Kier alpha value is -3.69. The van der Waals surface area contributed by atoms with Gasteiger partial charge in [-0.1, -0.05) is 12.1 Å². The number of ether oxygens (including phenoxy) is 1. The van der Waals surface area contributed by atoms with Gasteiger partial charge in [0.15, 0.2) is 0 Å². The van der Waals surface area contributed by atoms with Gasteiger partial charge in [0.1, 0.15) is 0 Å². The molecule has 3 aromatic rings. The van der Waals surface area contributed by atoms with Gasteiger partial charge >= 0.3 is 6.18 Å². The van der Waals surface area contributed by atoms with Crippen LogP contribution in [-0.4, -0.2) is 33.6 Å². The molecule has 0 spiro atoms. The third kappa shape index (κ3) is 4.57. The number of alkyl halides is 3. The van der Waals surface area contributed by atoms with Crippen molar-refractivity contribution in [1.82, 2.24) is 20.1 Å². The number of methoxy groups -OCH3 is 1. The second kappa shape index (κ2) is 8.58. The Balaban J connectivity index is 1.84. The topological polar surface area (TPSA) is 86.1 Å². The highest BCUT2D eigenvalue weighted by Crippen LogP contribution is 2.31. The van der Waals surface area contributed by atoms with E-state index in [4.69, 9.17) is 4.74 Å². The maximum absolute atomic E-state index is 13.0. The lowest BCUT2D eigenvalue weighted by molar-refractivity contribution is -0.137. The van der Waals surface area contributed by atoms with Crippen LogP contribution in [0.15, 0.2) is 42.6 Å². The molecule has 0 fully saturated rings. The van der Waals surface area contributed by atoms with E-state index in [1.54, 1.807) is 12.1 Å². The van der Waals surface area contributed by atoms with Crippen LogP contribution in [0.4, 0.5) is 13.2 Å². The summed E-state index contributed by atoms with van der Waals surface area (Å²) in [5, 5.41) is 6.68. The van der Waals surface area contributed by atoms with Crippen molar-refractivity contribution in [2.24, 2.45) is 0 Å². The van der Waals surface area contributed by atoms with Crippen molar-refractivity contribution >= 4 is 11.7 Å². The van der Waals surface area contributed by atoms with E-state index in [2.05, 4.69) is 15.4 Å². The van der Waals surface area contributed by atoms with Gasteiger partial charge in [-0.25, -0.2) is 9.67 Å². The van der Waals surface area contributed by atoms with Crippen molar-refractivity contribution < 1.29 is 27.5 Å². The molecule has 162 valence electrons. The van der Waals surface area contributed by atoms with Crippen LogP contribution >= 0.6 is 0 Å². The number of Topliss-reactive ketones (excluding diaryl/α,β-unsaturated/α-hetero) is 1. The van der Waals surface area contributed by atoms with Crippen LogP contribution < -0.4 is 10.1 Å². The van der Waals surface area contributed by atoms with Crippen LogP contribution in [0.25, 0.3) is 5.69 Å². The Morgan fingerprint density at radius 2 is 1.90 bits per heavy atom. The molecule has 0 aliphatic heterocycles. The molecular weight excluding hydrogens is 413 g/mol. The number of benzene rings is 1. The fraction of sp³-hybridized carbons (Fsp3) is 0.238. The molecule has 2 aromatic heterocycles. The van der Waals surface area contributed by atoms with Gasteiger partial charge in [-0.05, 0) is 38.1 Å². The number of hydrogen-bond acceptors (Lipinski definition) is 5. The molecule has 1 N–H and O–H groups in total. The van der Waals surface area contributed by atoms with Crippen LogP contribution in [-0.2, 0) is 17.5 Å². The third-order valence-corrected chi connectivity index (χ3v) is 4.63. The summed E-state index contributed by atoms with van der Waals surface area (Å²) in [6.07, 6.45) is -2.98. The number of hydrogen-bond donors (Lipinski definition) is 1. The Bertz CT molecular complexity index is 1140. The van der Waals surface area contributed by atoms with Crippen LogP contribution in [0, 0.1) is 13.8 Å². The average molecular weight is 432 g/mol. The number of carbonyl (C=O) groups is 2. The summed E-state index contributed by atoms with van der Waals surface area (Å²) in [6, 6.07) is 7.93. The molecule has 3 rings (SSSR count). The number of ketones is 1. The Morgan fingerprint density at radius 3 is 2.58 bits per heavy atom. The Morgan fingerprint density at radius 1 is 1.16 bits per heavy atom. The first-order valence-electron chi connectivity index (χ1n) is 9.17. The molecule has 10 heteroatoms. The van der Waals surface area contributed by atoms with E-state index in [0.717, 1.165) is 12.1 Å². The zero-order valence-electron chi connectivity index (χ0n) is 16.9. The highest BCUT2D eigenvalue weighted by atomic mass is 19.4. The van der Waals surface area contributed by atoms with Crippen molar-refractivity contribution in [3.8, 4) is 11.6 Å². The molecule has 0 aliphatic carbocycles. The Labute approximate surface area is 175 Å². The number of pyridine rings is 1. The fourth-order valence-corrected chi connectivity index (χ4v) is 3.15. The second-order valence-corrected chi connectivity index (χ2v) is 6.69. The van der Waals surface area contributed by atoms with Gasteiger partial charge in [0, 0.05) is 18.3 Å². The van der Waals surface area contributed by atoms with Crippen LogP contribution in [0.2, 0.25) is 0 Å². The molecule has 0 radical (unpaired) electrons. The largest absolute Gasteiger partial charge is 0.481 e. The van der Waals surface area contributed by atoms with E-state index in [1.165, 1.54) is 44.0 Å². The van der Waals surface area contributed by atoms with Crippen molar-refractivity contribution in [3.05, 3.63) is 70.7 Å². The molecule has 7 nitrogen and oxygen atoms in total. The van der Waals surface area contributed by atoms with Crippen LogP contribution in [0.3, 0.4) is 0 Å². The van der Waals surface area contributed by atoms with Gasteiger partial charge in [0.2, 0.25) is 5.88 Å². The molecular formula is C21H19F3N4O3. The number of amides is 1. The van der Waals surface area contributed by atoms with E-state index in [0.29, 0.717) is 11.4 Å². The number of carbonyl (C=O) groups excluding carboxylic acids is 2. The zero-order chi connectivity index (χ0) is 22.8. The lowest BCUT2D eigenvalue weighted by atomic mass is 10.1. The predicted octanol–water partition coefficient (Wildman–Crippen LogP) is 3.41. The van der Waals surface area contributed by atoms with Gasteiger partial charge in [-0.2, -0.15) is 18.3 Å². The molecule has 2 heterocycles. The molecule has 0 aliphatic rings. The standard InChI is InChI=1S/C21H19F3N4O3/c1-12-17(18(29)19(30)26-11-14-6-5-9-25-20(14)31-3)13(2)28(27-12)16-8-4-7-15(10-16)21(22,23)24/h4-10H,11H2,1-3H3,(H,26,30). The van der Waals surface area contributed by atoms with Gasteiger partial charge in [-0.15, -0.1) is 0 Å². The molecule has 0 saturated carbocycles. The number of nitrogens with one attached hydrogen (secondary N) is 1. The summed E-state index contributed by atoms with van der Waals surface area (Å²) in [4.78, 5) is 29.2. The fourth-order valence-electron chi connectivity index (χ4n) is 3.15. The molecule has 0 atom stereocenters. The van der Waals surface area contributed by atoms with Crippen molar-refractivity contribution in [2.75, 3.05) is 7.11 Å². The third-order valence-electron chi connectivity index (χ3n) is 4.63. The first kappa shape index (κ1) is 22.0. The lowest BCUT2D eigenvalue weighted by Crippen LogP contribution is -2.31. The minimum Gasteiger partial charge on any atom is -0.481 e. The van der Waals surface area contributed by atoms with E-state index < -0.39 is 23.4 Å². The van der Waals surface area contributed by atoms with Crippen LogP contribution in [0.5, 0.6) is 5.88 Å². The molecule has 31 heavy (non-hydrogen) atoms. The van der Waals surface area contributed by atoms with Crippen LogP contribution in [0.1, 0.15) is 32.9 Å². The molecule has 0 bridgehead atoms. The summed E-state index contributed by atoms with van der Waals surface area (Å²) in [5.74, 6) is -1.39. The summed E-state index contributed by atoms with van der Waals surface area (Å²) >= 11 is 0. The first-order chi connectivity index (χ1) is 14.6. The molecule has 0 saturated heterocycles. The molecule has 0 unspecified atom stereocenters. The predicted molar refractivity (Wildman–Crippen MR) is 105 cm³/mol. The maximum atomic E-state index is 13.0. The van der Waals surface area contributed by atoms with E-state index in [1.807, 2.05) is 0 Å². The van der Waals surface area contributed by atoms with Crippen molar-refractivity contribution in [1.29, 1.82) is 0 Å².